The molecule has 1 fully saturated rings. The van der Waals surface area contributed by atoms with Crippen LogP contribution in [0.15, 0.2) is 24.3 Å². The summed E-state index contributed by atoms with van der Waals surface area (Å²) in [5, 5.41) is 12.0. The lowest BCUT2D eigenvalue weighted by molar-refractivity contribution is -0.142. The zero-order valence-electron chi connectivity index (χ0n) is 13.5. The fourth-order valence-electron chi connectivity index (χ4n) is 3.49. The van der Waals surface area contributed by atoms with Crippen LogP contribution in [0, 0.1) is 11.7 Å². The van der Waals surface area contributed by atoms with Gasteiger partial charge in [0.15, 0.2) is 0 Å². The summed E-state index contributed by atoms with van der Waals surface area (Å²) in [5.41, 5.74) is -0.432. The Balaban J connectivity index is 2.17. The van der Waals surface area contributed by atoms with Crippen LogP contribution in [0.1, 0.15) is 51.0 Å². The molecule has 0 bridgehead atoms. The summed E-state index contributed by atoms with van der Waals surface area (Å²) in [7, 11) is 0. The molecular weight excluding hydrogens is 297 g/mol. The fraction of sp³-hybridized carbons (Fsp3) is 0.556. The third kappa shape index (κ3) is 3.71. The van der Waals surface area contributed by atoms with Crippen molar-refractivity contribution in [2.75, 3.05) is 6.54 Å². The van der Waals surface area contributed by atoms with E-state index >= 15 is 0 Å². The average Bonchev–Trinajstić information content (AvgIpc) is 3.02. The molecule has 0 heterocycles. The Bertz CT molecular complexity index is 567. The van der Waals surface area contributed by atoms with Gasteiger partial charge < -0.3 is 10.4 Å². The van der Waals surface area contributed by atoms with E-state index in [1.54, 1.807) is 18.2 Å². The van der Waals surface area contributed by atoms with Crippen LogP contribution >= 0.6 is 0 Å². The van der Waals surface area contributed by atoms with Gasteiger partial charge in [0.2, 0.25) is 5.91 Å². The molecule has 0 saturated heterocycles. The van der Waals surface area contributed by atoms with Crippen LogP contribution in [0.3, 0.4) is 0 Å². The summed E-state index contributed by atoms with van der Waals surface area (Å²) in [5.74, 6) is -2.11. The maximum atomic E-state index is 14.2. The standard InChI is InChI=1S/C18H24FNO3/c1-2-7-13(16(21)22)12-20-17(23)18(10-5-6-11-18)14-8-3-4-9-15(14)19/h3-4,8-9,13H,2,5-7,10-12H2,1H3,(H,20,23)(H,21,22). The van der Waals surface area contributed by atoms with Crippen molar-refractivity contribution in [3.63, 3.8) is 0 Å². The Morgan fingerprint density at radius 1 is 1.30 bits per heavy atom. The Hall–Kier alpha value is -1.91. The Morgan fingerprint density at radius 3 is 2.52 bits per heavy atom. The largest absolute Gasteiger partial charge is 0.481 e. The average molecular weight is 321 g/mol. The summed E-state index contributed by atoms with van der Waals surface area (Å²) in [6.45, 7) is 2.01. The molecule has 1 atom stereocenters. The zero-order valence-corrected chi connectivity index (χ0v) is 13.5. The lowest BCUT2D eigenvalue weighted by atomic mass is 9.77. The fourth-order valence-corrected chi connectivity index (χ4v) is 3.49. The molecule has 0 spiro atoms. The van der Waals surface area contributed by atoms with Gasteiger partial charge in [0.1, 0.15) is 5.82 Å². The number of aliphatic carboxylic acids is 1. The first kappa shape index (κ1) is 17.4. The lowest BCUT2D eigenvalue weighted by Crippen LogP contribution is -2.45. The summed E-state index contributed by atoms with van der Waals surface area (Å²) in [4.78, 5) is 24.0. The molecule has 1 saturated carbocycles. The Labute approximate surface area is 136 Å². The van der Waals surface area contributed by atoms with E-state index in [0.29, 0.717) is 24.8 Å². The maximum Gasteiger partial charge on any atom is 0.308 e. The summed E-state index contributed by atoms with van der Waals surface area (Å²) >= 11 is 0. The van der Waals surface area contributed by atoms with Crippen molar-refractivity contribution in [1.82, 2.24) is 5.32 Å². The minimum Gasteiger partial charge on any atom is -0.481 e. The number of carboxylic acid groups (broad SMARTS) is 1. The molecule has 1 aromatic rings. The van der Waals surface area contributed by atoms with E-state index in [4.69, 9.17) is 0 Å². The number of nitrogens with one attached hydrogen (secondary N) is 1. The molecule has 1 aliphatic carbocycles. The van der Waals surface area contributed by atoms with E-state index in [-0.39, 0.29) is 18.3 Å². The predicted molar refractivity (Wildman–Crippen MR) is 85.6 cm³/mol. The predicted octanol–water partition coefficient (Wildman–Crippen LogP) is 3.25. The van der Waals surface area contributed by atoms with Crippen molar-refractivity contribution in [2.24, 2.45) is 5.92 Å². The van der Waals surface area contributed by atoms with Crippen molar-refractivity contribution >= 4 is 11.9 Å². The summed E-state index contributed by atoms with van der Waals surface area (Å²) in [6, 6.07) is 6.39. The van der Waals surface area contributed by atoms with Crippen molar-refractivity contribution < 1.29 is 19.1 Å². The number of benzene rings is 1. The van der Waals surface area contributed by atoms with Gasteiger partial charge in [0.25, 0.3) is 0 Å². The highest BCUT2D eigenvalue weighted by Crippen LogP contribution is 2.42. The van der Waals surface area contributed by atoms with Gasteiger partial charge in [-0.2, -0.15) is 0 Å². The van der Waals surface area contributed by atoms with Crippen LogP contribution in [0.25, 0.3) is 0 Å². The van der Waals surface area contributed by atoms with E-state index in [1.165, 1.54) is 6.07 Å². The van der Waals surface area contributed by atoms with Crippen molar-refractivity contribution in [2.45, 2.75) is 50.9 Å². The highest BCUT2D eigenvalue weighted by molar-refractivity contribution is 5.89. The van der Waals surface area contributed by atoms with Gasteiger partial charge in [0, 0.05) is 12.1 Å². The molecule has 23 heavy (non-hydrogen) atoms. The van der Waals surface area contributed by atoms with Crippen molar-refractivity contribution in [3.05, 3.63) is 35.6 Å². The van der Waals surface area contributed by atoms with Gasteiger partial charge >= 0.3 is 5.97 Å². The third-order valence-corrected chi connectivity index (χ3v) is 4.78. The van der Waals surface area contributed by atoms with Gasteiger partial charge in [-0.3, -0.25) is 9.59 Å². The van der Waals surface area contributed by atoms with Crippen LogP contribution in [0.5, 0.6) is 0 Å². The molecule has 1 aromatic carbocycles. The number of amides is 1. The summed E-state index contributed by atoms with van der Waals surface area (Å²) in [6.07, 6.45) is 4.21. The monoisotopic (exact) mass is 321 g/mol. The van der Waals surface area contributed by atoms with E-state index < -0.39 is 17.3 Å². The minimum atomic E-state index is -0.904. The van der Waals surface area contributed by atoms with Crippen LogP contribution in [0.4, 0.5) is 4.39 Å². The van der Waals surface area contributed by atoms with Gasteiger partial charge in [-0.15, -0.1) is 0 Å². The molecular formula is C18H24FNO3. The topological polar surface area (TPSA) is 66.4 Å². The second-order valence-electron chi connectivity index (χ2n) is 6.30. The number of halogens is 1. The molecule has 2 N–H and O–H groups in total. The molecule has 4 nitrogen and oxygen atoms in total. The Kier molecular flexibility index (Phi) is 5.74. The van der Waals surface area contributed by atoms with Gasteiger partial charge in [-0.25, -0.2) is 4.39 Å². The van der Waals surface area contributed by atoms with E-state index in [9.17, 15) is 19.1 Å². The van der Waals surface area contributed by atoms with Crippen LogP contribution in [-0.4, -0.2) is 23.5 Å². The van der Waals surface area contributed by atoms with E-state index in [0.717, 1.165) is 19.3 Å². The quantitative estimate of drug-likeness (QED) is 0.810. The molecule has 1 unspecified atom stereocenters. The summed E-state index contributed by atoms with van der Waals surface area (Å²) < 4.78 is 14.2. The van der Waals surface area contributed by atoms with Crippen molar-refractivity contribution in [3.8, 4) is 0 Å². The van der Waals surface area contributed by atoms with E-state index in [2.05, 4.69) is 5.32 Å². The molecule has 5 heteroatoms. The first-order valence-electron chi connectivity index (χ1n) is 8.27. The maximum absolute atomic E-state index is 14.2. The zero-order chi connectivity index (χ0) is 16.9. The number of carboxylic acids is 1. The number of hydrogen-bond donors (Lipinski definition) is 2. The third-order valence-electron chi connectivity index (χ3n) is 4.78. The second kappa shape index (κ2) is 7.57. The van der Waals surface area contributed by atoms with Gasteiger partial charge in [-0.1, -0.05) is 44.4 Å². The SMILES string of the molecule is CCCC(CNC(=O)C1(c2ccccc2F)CCCC1)C(=O)O. The normalized spacial score (nSPS) is 17.7. The number of hydrogen-bond acceptors (Lipinski definition) is 2. The molecule has 0 aliphatic heterocycles. The lowest BCUT2D eigenvalue weighted by Gasteiger charge is -2.29. The number of carbonyl (C=O) groups is 2. The first-order valence-corrected chi connectivity index (χ1v) is 8.27. The smallest absolute Gasteiger partial charge is 0.308 e. The molecule has 1 aliphatic rings. The minimum absolute atomic E-state index is 0.0954. The molecule has 1 amide bonds. The Morgan fingerprint density at radius 2 is 1.96 bits per heavy atom. The van der Waals surface area contributed by atoms with Gasteiger partial charge in [-0.05, 0) is 25.3 Å². The van der Waals surface area contributed by atoms with Crippen LogP contribution < -0.4 is 5.32 Å². The van der Waals surface area contributed by atoms with Crippen LogP contribution in [-0.2, 0) is 15.0 Å². The second-order valence-corrected chi connectivity index (χ2v) is 6.30. The highest BCUT2D eigenvalue weighted by atomic mass is 19.1. The molecule has 2 rings (SSSR count). The van der Waals surface area contributed by atoms with Crippen molar-refractivity contribution in [1.29, 1.82) is 0 Å². The molecule has 0 aromatic heterocycles. The van der Waals surface area contributed by atoms with E-state index in [1.807, 2.05) is 6.92 Å². The molecule has 126 valence electrons. The highest BCUT2D eigenvalue weighted by Gasteiger charge is 2.44. The number of rotatable bonds is 7. The molecule has 0 radical (unpaired) electrons. The first-order chi connectivity index (χ1) is 11.0. The van der Waals surface area contributed by atoms with Crippen LogP contribution in [0.2, 0.25) is 0 Å². The van der Waals surface area contributed by atoms with Gasteiger partial charge in [0.05, 0.1) is 11.3 Å². The number of carbonyl (C=O) groups excluding carboxylic acids is 1.